The number of carbonyl (C=O) groups is 1. The van der Waals surface area contributed by atoms with Crippen molar-refractivity contribution in [2.45, 2.75) is 163 Å². The number of dihydropyridines is 1. The first-order chi connectivity index (χ1) is 22.9. The first-order valence-electron chi connectivity index (χ1n) is 19.0. The fourth-order valence-electron chi connectivity index (χ4n) is 6.37. The van der Waals surface area contributed by atoms with Crippen LogP contribution in [0.1, 0.15) is 165 Å². The van der Waals surface area contributed by atoms with Gasteiger partial charge >= 0.3 is 0 Å². The van der Waals surface area contributed by atoms with Gasteiger partial charge in [-0.1, -0.05) is 122 Å². The maximum atomic E-state index is 12.8. The van der Waals surface area contributed by atoms with Crippen molar-refractivity contribution in [1.29, 1.82) is 0 Å². The number of thiazole rings is 1. The molecule has 6 heteroatoms. The molecule has 260 valence electrons. The summed E-state index contributed by atoms with van der Waals surface area (Å²) >= 11 is 1.41. The molecule has 0 spiro atoms. The number of ketones is 1. The molecule has 47 heavy (non-hydrogen) atoms. The van der Waals surface area contributed by atoms with Crippen LogP contribution in [-0.4, -0.2) is 40.4 Å². The Bertz CT molecular complexity index is 1280. The third-order valence-corrected chi connectivity index (χ3v) is 10.7. The first-order valence-corrected chi connectivity index (χ1v) is 19.9. The lowest BCUT2D eigenvalue weighted by Gasteiger charge is -2.28. The average molecular weight is 662 g/mol. The summed E-state index contributed by atoms with van der Waals surface area (Å²) in [5, 5.41) is 13.3. The first kappa shape index (κ1) is 38.8. The van der Waals surface area contributed by atoms with Crippen LogP contribution < -0.4 is 5.11 Å². The number of unbranched alkanes of at least 4 members (excludes halogenated alkanes) is 18. The summed E-state index contributed by atoms with van der Waals surface area (Å²) in [5.41, 5.74) is 4.36. The van der Waals surface area contributed by atoms with Gasteiger partial charge in [0, 0.05) is 29.4 Å². The predicted molar refractivity (Wildman–Crippen MR) is 201 cm³/mol. The molecule has 0 fully saturated rings. The summed E-state index contributed by atoms with van der Waals surface area (Å²) in [7, 11) is 0. The molecule has 2 aliphatic rings. The van der Waals surface area contributed by atoms with Crippen LogP contribution in [0.25, 0.3) is 5.57 Å². The van der Waals surface area contributed by atoms with Crippen molar-refractivity contribution in [1.82, 2.24) is 4.98 Å². The van der Waals surface area contributed by atoms with Gasteiger partial charge in [-0.2, -0.15) is 0 Å². The zero-order valence-electron chi connectivity index (χ0n) is 30.4. The smallest absolute Gasteiger partial charge is 0.218 e. The Labute approximate surface area is 290 Å². The van der Waals surface area contributed by atoms with Crippen LogP contribution in [-0.2, 0) is 4.79 Å². The molecule has 0 unspecified atom stereocenters. The lowest BCUT2D eigenvalue weighted by atomic mass is 9.88. The lowest BCUT2D eigenvalue weighted by molar-refractivity contribution is -0.526. The van der Waals surface area contributed by atoms with Crippen molar-refractivity contribution in [2.75, 3.05) is 13.1 Å². The minimum Gasteiger partial charge on any atom is -0.871 e. The summed E-state index contributed by atoms with van der Waals surface area (Å²) < 4.78 is 2.54. The van der Waals surface area contributed by atoms with Crippen LogP contribution in [0.3, 0.4) is 0 Å². The molecule has 0 atom stereocenters. The van der Waals surface area contributed by atoms with Crippen LogP contribution in [0.4, 0.5) is 0 Å². The summed E-state index contributed by atoms with van der Waals surface area (Å²) in [6, 6.07) is 0. The van der Waals surface area contributed by atoms with E-state index in [0.717, 1.165) is 34.9 Å². The van der Waals surface area contributed by atoms with Crippen molar-refractivity contribution >= 4 is 34.6 Å². The zero-order valence-corrected chi connectivity index (χ0v) is 31.2. The van der Waals surface area contributed by atoms with Crippen molar-refractivity contribution in [3.63, 3.8) is 0 Å². The molecule has 0 aromatic carbocycles. The van der Waals surface area contributed by atoms with Gasteiger partial charge in [-0.05, 0) is 51.3 Å². The summed E-state index contributed by atoms with van der Waals surface area (Å²) in [5.74, 6) is -0.429. The van der Waals surface area contributed by atoms with E-state index in [1.807, 2.05) is 26.1 Å². The SMILES string of the molecule is CCCCCCCCCCCC[N+](CCCCCCCCCCCC)=C1C=N/C(=C\C=C2\C(=O)C(c3nc(C)c(C)s3)=C2[O-])C(C)=C1. The molecular weight excluding hydrogens is 599 g/mol. The van der Waals surface area contributed by atoms with Gasteiger partial charge in [0.15, 0.2) is 5.78 Å². The highest BCUT2D eigenvalue weighted by Gasteiger charge is 2.30. The standard InChI is InChI=1S/C41H63N3O2S/c1-6-8-10-12-14-16-18-20-22-24-28-44(29-25-23-21-19-17-15-13-11-9-7-2)35-30-32(3)37(42-31-35)27-26-36-39(45)38(40(36)46)41-43-33(4)34(5)47-41/h26-27,30-31H,6-25,28-29H2,1-5H3/b37-27-. The zero-order chi connectivity index (χ0) is 33.9. The lowest BCUT2D eigenvalue weighted by Crippen LogP contribution is -2.28. The minimum atomic E-state index is -0.214. The van der Waals surface area contributed by atoms with E-state index >= 15 is 0 Å². The van der Waals surface area contributed by atoms with E-state index < -0.39 is 0 Å². The Kier molecular flexibility index (Phi) is 18.3. The van der Waals surface area contributed by atoms with E-state index in [9.17, 15) is 9.90 Å². The highest BCUT2D eigenvalue weighted by molar-refractivity contribution is 7.13. The quantitative estimate of drug-likeness (QED) is 0.0629. The Morgan fingerprint density at radius 3 is 1.64 bits per heavy atom. The van der Waals surface area contributed by atoms with Crippen LogP contribution in [0.2, 0.25) is 0 Å². The van der Waals surface area contributed by atoms with Crippen molar-refractivity contribution in [2.24, 2.45) is 4.99 Å². The van der Waals surface area contributed by atoms with Crippen LogP contribution >= 0.6 is 11.3 Å². The second kappa shape index (κ2) is 22.1. The topological polar surface area (TPSA) is 68.4 Å². The van der Waals surface area contributed by atoms with Crippen LogP contribution in [0, 0.1) is 13.8 Å². The van der Waals surface area contributed by atoms with E-state index in [0.29, 0.717) is 5.01 Å². The van der Waals surface area contributed by atoms with Gasteiger partial charge in [-0.15, -0.1) is 11.3 Å². The van der Waals surface area contributed by atoms with E-state index in [-0.39, 0.29) is 22.7 Å². The minimum absolute atomic E-state index is 0.214. The van der Waals surface area contributed by atoms with Crippen LogP contribution in [0.5, 0.6) is 0 Å². The number of hydrogen-bond donors (Lipinski definition) is 0. The second-order valence-corrected chi connectivity index (χ2v) is 14.9. The monoisotopic (exact) mass is 661 g/mol. The van der Waals surface area contributed by atoms with Crippen LogP contribution in [0.15, 0.2) is 45.8 Å². The fraction of sp³-hybridized carbons (Fsp3) is 0.659. The number of carbonyl (C=O) groups excluding carboxylic acids is 1. The largest absolute Gasteiger partial charge is 0.871 e. The van der Waals surface area contributed by atoms with Gasteiger partial charge < -0.3 is 5.11 Å². The third-order valence-electron chi connectivity index (χ3n) is 9.63. The fourth-order valence-corrected chi connectivity index (χ4v) is 7.32. The summed E-state index contributed by atoms with van der Waals surface area (Å²) in [6.45, 7) is 12.6. The van der Waals surface area contributed by atoms with Gasteiger partial charge in [0.1, 0.15) is 18.1 Å². The van der Waals surface area contributed by atoms with E-state index in [2.05, 4.69) is 36.4 Å². The number of aromatic nitrogens is 1. The molecular formula is C41H63N3O2S. The van der Waals surface area contributed by atoms with Gasteiger partial charge in [-0.25, -0.2) is 14.6 Å². The molecule has 0 bridgehead atoms. The molecule has 3 rings (SSSR count). The Morgan fingerprint density at radius 2 is 1.21 bits per heavy atom. The van der Waals surface area contributed by atoms with E-state index in [1.165, 1.54) is 145 Å². The number of nitrogens with zero attached hydrogens (tertiary/aromatic N) is 3. The van der Waals surface area contributed by atoms with Crippen molar-refractivity contribution in [3.05, 3.63) is 56.4 Å². The number of allylic oxidation sites excluding steroid dienone is 6. The highest BCUT2D eigenvalue weighted by atomic mass is 32.1. The molecule has 0 saturated carbocycles. The van der Waals surface area contributed by atoms with Gasteiger partial charge in [0.05, 0.1) is 23.2 Å². The van der Waals surface area contributed by atoms with Crippen molar-refractivity contribution in [3.8, 4) is 0 Å². The van der Waals surface area contributed by atoms with E-state index in [1.54, 1.807) is 6.08 Å². The molecule has 1 aliphatic heterocycles. The Balaban J connectivity index is 1.56. The normalized spacial score (nSPS) is 16.5. The molecule has 1 aliphatic carbocycles. The molecule has 0 N–H and O–H groups in total. The maximum Gasteiger partial charge on any atom is 0.218 e. The average Bonchev–Trinajstić information content (AvgIpc) is 3.38. The molecule has 0 radical (unpaired) electrons. The molecule has 2 heterocycles. The van der Waals surface area contributed by atoms with E-state index in [4.69, 9.17) is 4.99 Å². The molecule has 1 aromatic heterocycles. The third kappa shape index (κ3) is 13.1. The Hall–Kier alpha value is -2.60. The Morgan fingerprint density at radius 1 is 0.723 bits per heavy atom. The molecule has 5 nitrogen and oxygen atoms in total. The molecule has 1 aromatic rings. The number of rotatable bonds is 24. The van der Waals surface area contributed by atoms with Gasteiger partial charge in [0.2, 0.25) is 5.71 Å². The maximum absolute atomic E-state index is 12.8. The van der Waals surface area contributed by atoms with Crippen molar-refractivity contribution < 1.29 is 14.5 Å². The molecule has 0 amide bonds. The predicted octanol–water partition coefficient (Wildman–Crippen LogP) is 10.6. The number of aliphatic imine (C=N–C) groups is 1. The van der Waals surface area contributed by atoms with Gasteiger partial charge in [0.25, 0.3) is 0 Å². The number of hydrogen-bond acceptors (Lipinski definition) is 5. The molecule has 0 saturated heterocycles. The number of Topliss-reactive ketones (excluding diaryl/α,β-unsaturated/α-hetero) is 1. The van der Waals surface area contributed by atoms with Gasteiger partial charge in [-0.3, -0.25) is 4.79 Å². The summed E-state index contributed by atoms with van der Waals surface area (Å²) in [6.07, 6.45) is 34.6. The highest BCUT2D eigenvalue weighted by Crippen LogP contribution is 2.37. The second-order valence-electron chi connectivity index (χ2n) is 13.7. The number of aryl methyl sites for hydroxylation is 2. The summed E-state index contributed by atoms with van der Waals surface area (Å²) in [4.78, 5) is 23.0.